The number of hydrogen-bond donors (Lipinski definition) is 1. The fraction of sp³-hybridized carbons (Fsp3) is 0.667. The summed E-state index contributed by atoms with van der Waals surface area (Å²) in [4.78, 5) is 0. The normalized spacial score (nSPS) is 28.4. The van der Waals surface area contributed by atoms with Gasteiger partial charge in [0.05, 0.1) is 5.69 Å². The molecule has 2 rings (SSSR count). The van der Waals surface area contributed by atoms with Crippen LogP contribution in [-0.4, -0.2) is 11.2 Å². The zero-order valence-electron chi connectivity index (χ0n) is 7.29. The number of nitrogens with zero attached hydrogens (tertiary/aromatic N) is 1. The van der Waals surface area contributed by atoms with Gasteiger partial charge in [0, 0.05) is 18.7 Å². The number of aromatic nitrogens is 1. The molecular formula is C9H14N2O. The standard InChI is InChI=1S/C9H14N2O/c1-7-4-9(5-7)10-6-8-2-3-12-11-8/h2-3,7,9-10H,4-6H2,1H3. The molecule has 1 aliphatic carbocycles. The van der Waals surface area contributed by atoms with E-state index in [0.717, 1.165) is 18.2 Å². The van der Waals surface area contributed by atoms with Crippen molar-refractivity contribution in [2.24, 2.45) is 5.92 Å². The second-order valence-corrected chi connectivity index (χ2v) is 3.65. The van der Waals surface area contributed by atoms with Crippen molar-refractivity contribution < 1.29 is 4.52 Å². The Balaban J connectivity index is 1.70. The second kappa shape index (κ2) is 3.27. The monoisotopic (exact) mass is 166 g/mol. The zero-order valence-corrected chi connectivity index (χ0v) is 7.29. The van der Waals surface area contributed by atoms with E-state index in [1.807, 2.05) is 6.07 Å². The van der Waals surface area contributed by atoms with Crippen LogP contribution < -0.4 is 5.32 Å². The van der Waals surface area contributed by atoms with Crippen LogP contribution in [0.25, 0.3) is 0 Å². The molecule has 1 N–H and O–H groups in total. The van der Waals surface area contributed by atoms with Gasteiger partial charge >= 0.3 is 0 Å². The summed E-state index contributed by atoms with van der Waals surface area (Å²) >= 11 is 0. The predicted molar refractivity (Wildman–Crippen MR) is 45.5 cm³/mol. The van der Waals surface area contributed by atoms with Gasteiger partial charge in [0.1, 0.15) is 6.26 Å². The van der Waals surface area contributed by atoms with Gasteiger partial charge in [0.15, 0.2) is 0 Å². The number of nitrogens with one attached hydrogen (secondary N) is 1. The van der Waals surface area contributed by atoms with Crippen molar-refractivity contribution in [1.82, 2.24) is 10.5 Å². The lowest BCUT2D eigenvalue weighted by Crippen LogP contribution is -2.39. The minimum Gasteiger partial charge on any atom is -0.364 e. The van der Waals surface area contributed by atoms with E-state index in [2.05, 4.69) is 17.4 Å². The van der Waals surface area contributed by atoms with E-state index in [-0.39, 0.29) is 0 Å². The van der Waals surface area contributed by atoms with Crippen LogP contribution in [0, 0.1) is 5.92 Å². The molecule has 0 spiro atoms. The summed E-state index contributed by atoms with van der Waals surface area (Å²) in [5.74, 6) is 0.903. The first kappa shape index (κ1) is 7.80. The van der Waals surface area contributed by atoms with Crippen molar-refractivity contribution >= 4 is 0 Å². The van der Waals surface area contributed by atoms with Crippen molar-refractivity contribution in [2.45, 2.75) is 32.4 Å². The van der Waals surface area contributed by atoms with Crippen LogP contribution in [0.5, 0.6) is 0 Å². The number of hydrogen-bond acceptors (Lipinski definition) is 3. The maximum atomic E-state index is 4.73. The molecule has 0 saturated heterocycles. The summed E-state index contributed by atoms with van der Waals surface area (Å²) in [6.45, 7) is 3.13. The lowest BCUT2D eigenvalue weighted by atomic mass is 9.82. The maximum Gasteiger partial charge on any atom is 0.124 e. The van der Waals surface area contributed by atoms with Crippen LogP contribution in [0.15, 0.2) is 16.9 Å². The summed E-state index contributed by atoms with van der Waals surface area (Å²) in [5, 5.41) is 7.26. The zero-order chi connectivity index (χ0) is 8.39. The molecule has 0 amide bonds. The minimum absolute atomic E-state index is 0.705. The number of rotatable bonds is 3. The van der Waals surface area contributed by atoms with Gasteiger partial charge in [-0.25, -0.2) is 0 Å². The lowest BCUT2D eigenvalue weighted by Gasteiger charge is -2.33. The summed E-state index contributed by atoms with van der Waals surface area (Å²) in [5.41, 5.74) is 0.995. The molecule has 0 aliphatic heterocycles. The first-order valence-electron chi connectivity index (χ1n) is 4.47. The van der Waals surface area contributed by atoms with Crippen LogP contribution in [0.1, 0.15) is 25.5 Å². The average molecular weight is 166 g/mol. The van der Waals surface area contributed by atoms with Gasteiger partial charge in [0.25, 0.3) is 0 Å². The summed E-state index contributed by atoms with van der Waals surface area (Å²) in [6, 6.07) is 2.60. The lowest BCUT2D eigenvalue weighted by molar-refractivity contribution is 0.238. The molecule has 0 radical (unpaired) electrons. The first-order chi connectivity index (χ1) is 5.84. The van der Waals surface area contributed by atoms with Gasteiger partial charge in [-0.05, 0) is 18.8 Å². The van der Waals surface area contributed by atoms with E-state index in [1.165, 1.54) is 12.8 Å². The highest BCUT2D eigenvalue weighted by Crippen LogP contribution is 2.26. The Labute approximate surface area is 72.1 Å². The Morgan fingerprint density at radius 3 is 3.08 bits per heavy atom. The molecule has 66 valence electrons. The average Bonchev–Trinajstić information content (AvgIpc) is 2.47. The molecule has 0 bridgehead atoms. The van der Waals surface area contributed by atoms with Crippen LogP contribution in [-0.2, 0) is 6.54 Å². The third kappa shape index (κ3) is 1.67. The molecule has 1 fully saturated rings. The molecule has 0 atom stereocenters. The summed E-state index contributed by atoms with van der Waals surface area (Å²) < 4.78 is 4.73. The predicted octanol–water partition coefficient (Wildman–Crippen LogP) is 1.56. The first-order valence-corrected chi connectivity index (χ1v) is 4.47. The third-order valence-corrected chi connectivity index (χ3v) is 2.44. The Morgan fingerprint density at radius 2 is 2.50 bits per heavy atom. The van der Waals surface area contributed by atoms with Crippen molar-refractivity contribution in [3.05, 3.63) is 18.0 Å². The topological polar surface area (TPSA) is 38.1 Å². The van der Waals surface area contributed by atoms with Crippen molar-refractivity contribution in [1.29, 1.82) is 0 Å². The molecule has 3 heteroatoms. The highest BCUT2D eigenvalue weighted by molar-refractivity contribution is 4.95. The quantitative estimate of drug-likeness (QED) is 0.740. The largest absolute Gasteiger partial charge is 0.364 e. The summed E-state index contributed by atoms with van der Waals surface area (Å²) in [6.07, 6.45) is 4.22. The minimum atomic E-state index is 0.705. The highest BCUT2D eigenvalue weighted by atomic mass is 16.5. The Kier molecular flexibility index (Phi) is 2.13. The van der Waals surface area contributed by atoms with Crippen LogP contribution in [0.4, 0.5) is 0 Å². The maximum absolute atomic E-state index is 4.73. The fourth-order valence-corrected chi connectivity index (χ4v) is 1.65. The smallest absolute Gasteiger partial charge is 0.124 e. The van der Waals surface area contributed by atoms with Crippen LogP contribution in [0.2, 0.25) is 0 Å². The molecule has 3 nitrogen and oxygen atoms in total. The van der Waals surface area contributed by atoms with E-state index in [1.54, 1.807) is 6.26 Å². The molecule has 0 aromatic carbocycles. The van der Waals surface area contributed by atoms with Crippen LogP contribution >= 0.6 is 0 Å². The van der Waals surface area contributed by atoms with Crippen molar-refractivity contribution in [3.8, 4) is 0 Å². The molecule has 1 saturated carbocycles. The van der Waals surface area contributed by atoms with E-state index < -0.39 is 0 Å². The molecule has 1 heterocycles. The van der Waals surface area contributed by atoms with Gasteiger partial charge < -0.3 is 9.84 Å². The van der Waals surface area contributed by atoms with Crippen molar-refractivity contribution in [2.75, 3.05) is 0 Å². The molecule has 1 aromatic heterocycles. The van der Waals surface area contributed by atoms with Crippen molar-refractivity contribution in [3.63, 3.8) is 0 Å². The van der Waals surface area contributed by atoms with Gasteiger partial charge in [0.2, 0.25) is 0 Å². The molecular weight excluding hydrogens is 152 g/mol. The van der Waals surface area contributed by atoms with E-state index >= 15 is 0 Å². The fourth-order valence-electron chi connectivity index (χ4n) is 1.65. The third-order valence-electron chi connectivity index (χ3n) is 2.44. The van der Waals surface area contributed by atoms with Gasteiger partial charge in [-0.1, -0.05) is 12.1 Å². The van der Waals surface area contributed by atoms with E-state index in [9.17, 15) is 0 Å². The van der Waals surface area contributed by atoms with Gasteiger partial charge in [-0.15, -0.1) is 0 Å². The Hall–Kier alpha value is -0.830. The molecule has 1 aromatic rings. The van der Waals surface area contributed by atoms with E-state index in [0.29, 0.717) is 6.04 Å². The van der Waals surface area contributed by atoms with Gasteiger partial charge in [-0.2, -0.15) is 0 Å². The Bertz CT molecular complexity index is 227. The van der Waals surface area contributed by atoms with Gasteiger partial charge in [-0.3, -0.25) is 0 Å². The second-order valence-electron chi connectivity index (χ2n) is 3.65. The SMILES string of the molecule is CC1CC(NCc2ccon2)C1. The summed E-state index contributed by atoms with van der Waals surface area (Å²) in [7, 11) is 0. The van der Waals surface area contributed by atoms with Crippen LogP contribution in [0.3, 0.4) is 0 Å². The molecule has 0 unspecified atom stereocenters. The molecule has 1 aliphatic rings. The van der Waals surface area contributed by atoms with E-state index in [4.69, 9.17) is 4.52 Å². The molecule has 12 heavy (non-hydrogen) atoms. The Morgan fingerprint density at radius 1 is 1.67 bits per heavy atom. The highest BCUT2D eigenvalue weighted by Gasteiger charge is 2.24.